The van der Waals surface area contributed by atoms with Crippen molar-refractivity contribution in [1.82, 2.24) is 15.0 Å². The van der Waals surface area contributed by atoms with Crippen LogP contribution in [0.3, 0.4) is 0 Å². The lowest BCUT2D eigenvalue weighted by Gasteiger charge is -2.23. The lowest BCUT2D eigenvalue weighted by Crippen LogP contribution is -2.31. The van der Waals surface area contributed by atoms with Gasteiger partial charge in [0.25, 0.3) is 0 Å². The van der Waals surface area contributed by atoms with Crippen LogP contribution in [0, 0.1) is 0 Å². The number of methoxy groups -OCH3 is 2. The highest BCUT2D eigenvalue weighted by atomic mass is 16.5. The van der Waals surface area contributed by atoms with Gasteiger partial charge in [-0.25, -0.2) is 4.68 Å². The van der Waals surface area contributed by atoms with Crippen LogP contribution in [-0.4, -0.2) is 54.9 Å². The van der Waals surface area contributed by atoms with E-state index in [9.17, 15) is 4.79 Å². The highest BCUT2D eigenvalue weighted by molar-refractivity contribution is 5.69. The van der Waals surface area contributed by atoms with E-state index in [1.807, 2.05) is 11.8 Å². The van der Waals surface area contributed by atoms with E-state index in [-0.39, 0.29) is 5.97 Å². The Hall–Kier alpha value is -1.63. The zero-order valence-corrected chi connectivity index (χ0v) is 11.1. The van der Waals surface area contributed by atoms with Crippen molar-refractivity contribution in [1.29, 1.82) is 0 Å². The van der Waals surface area contributed by atoms with Crippen LogP contribution >= 0.6 is 0 Å². The number of aromatic nitrogens is 3. The van der Waals surface area contributed by atoms with Crippen molar-refractivity contribution in [2.24, 2.45) is 0 Å². The van der Waals surface area contributed by atoms with Crippen molar-refractivity contribution in [2.75, 3.05) is 38.8 Å². The third-order valence-electron chi connectivity index (χ3n) is 2.60. The van der Waals surface area contributed by atoms with Gasteiger partial charge in [0, 0.05) is 26.7 Å². The maximum atomic E-state index is 11.2. The van der Waals surface area contributed by atoms with Crippen LogP contribution in [0.15, 0.2) is 6.20 Å². The van der Waals surface area contributed by atoms with Crippen LogP contribution in [-0.2, 0) is 20.8 Å². The summed E-state index contributed by atoms with van der Waals surface area (Å²) in [6.07, 6.45) is 2.02. The zero-order chi connectivity index (χ0) is 13.4. The Kier molecular flexibility index (Phi) is 6.13. The smallest absolute Gasteiger partial charge is 0.307 e. The molecule has 0 saturated carbocycles. The van der Waals surface area contributed by atoms with Gasteiger partial charge in [0.15, 0.2) is 0 Å². The molecule has 1 heterocycles. The molecular formula is C11H20N4O3. The van der Waals surface area contributed by atoms with Crippen LogP contribution in [0.2, 0.25) is 0 Å². The lowest BCUT2D eigenvalue weighted by atomic mass is 10.3. The van der Waals surface area contributed by atoms with Gasteiger partial charge in [-0.05, 0) is 6.92 Å². The van der Waals surface area contributed by atoms with Gasteiger partial charge in [0.05, 0.1) is 26.3 Å². The second-order valence-electron chi connectivity index (χ2n) is 3.71. The summed E-state index contributed by atoms with van der Waals surface area (Å²) in [7, 11) is 3.04. The molecule has 0 aliphatic rings. The summed E-state index contributed by atoms with van der Waals surface area (Å²) in [6, 6.07) is 0. The van der Waals surface area contributed by atoms with Gasteiger partial charge < -0.3 is 14.4 Å². The van der Waals surface area contributed by atoms with Crippen LogP contribution in [0.1, 0.15) is 13.3 Å². The topological polar surface area (TPSA) is 69.5 Å². The molecule has 0 saturated heterocycles. The Morgan fingerprint density at radius 2 is 2.22 bits per heavy atom. The fourth-order valence-corrected chi connectivity index (χ4v) is 1.59. The Morgan fingerprint density at radius 1 is 1.44 bits per heavy atom. The van der Waals surface area contributed by atoms with E-state index in [4.69, 9.17) is 4.74 Å². The molecule has 0 radical (unpaired) electrons. The molecule has 18 heavy (non-hydrogen) atoms. The van der Waals surface area contributed by atoms with Gasteiger partial charge >= 0.3 is 5.97 Å². The molecule has 0 atom stereocenters. The molecule has 0 fully saturated rings. The highest BCUT2D eigenvalue weighted by Gasteiger charge is 2.13. The van der Waals surface area contributed by atoms with Gasteiger partial charge in [-0.1, -0.05) is 5.21 Å². The minimum Gasteiger partial charge on any atom is -0.469 e. The minimum absolute atomic E-state index is 0.229. The Bertz CT molecular complexity index is 367. The molecule has 0 N–H and O–H groups in total. The summed E-state index contributed by atoms with van der Waals surface area (Å²) in [4.78, 5) is 13.2. The van der Waals surface area contributed by atoms with E-state index < -0.39 is 0 Å². The molecule has 0 aliphatic carbocycles. The van der Waals surface area contributed by atoms with Gasteiger partial charge in [0.2, 0.25) is 0 Å². The number of hydrogen-bond donors (Lipinski definition) is 0. The van der Waals surface area contributed by atoms with Crippen molar-refractivity contribution < 1.29 is 14.3 Å². The summed E-state index contributed by atoms with van der Waals surface area (Å²) in [5, 5.41) is 7.86. The van der Waals surface area contributed by atoms with Gasteiger partial charge in [-0.3, -0.25) is 4.79 Å². The summed E-state index contributed by atoms with van der Waals surface area (Å²) in [5.74, 6) is 0.659. The molecular weight excluding hydrogens is 236 g/mol. The normalized spacial score (nSPS) is 10.4. The average molecular weight is 256 g/mol. The SMILES string of the molecule is CCn1nncc1N(CCOC)CCC(=O)OC. The first-order valence-electron chi connectivity index (χ1n) is 5.92. The molecule has 0 aliphatic heterocycles. The maximum absolute atomic E-state index is 11.2. The summed E-state index contributed by atoms with van der Waals surface area (Å²) >= 11 is 0. The number of rotatable bonds is 8. The number of carbonyl (C=O) groups excluding carboxylic acids is 1. The van der Waals surface area contributed by atoms with E-state index in [0.29, 0.717) is 26.1 Å². The number of esters is 1. The van der Waals surface area contributed by atoms with Crippen LogP contribution in [0.25, 0.3) is 0 Å². The van der Waals surface area contributed by atoms with E-state index in [1.165, 1.54) is 7.11 Å². The summed E-state index contributed by atoms with van der Waals surface area (Å²) in [5.41, 5.74) is 0. The first-order valence-corrected chi connectivity index (χ1v) is 5.92. The van der Waals surface area contributed by atoms with Crippen LogP contribution in [0.4, 0.5) is 5.82 Å². The van der Waals surface area contributed by atoms with E-state index in [2.05, 4.69) is 15.0 Å². The second-order valence-corrected chi connectivity index (χ2v) is 3.71. The third kappa shape index (κ3) is 3.99. The summed E-state index contributed by atoms with van der Waals surface area (Å²) < 4.78 is 11.5. The maximum Gasteiger partial charge on any atom is 0.307 e. The molecule has 7 heteroatoms. The van der Waals surface area contributed by atoms with Crippen LogP contribution in [0.5, 0.6) is 0 Å². The van der Waals surface area contributed by atoms with Gasteiger partial charge in [-0.2, -0.15) is 0 Å². The second kappa shape index (κ2) is 7.65. The number of anilines is 1. The molecule has 0 unspecified atom stereocenters. The minimum atomic E-state index is -0.229. The quantitative estimate of drug-likeness (QED) is 0.624. The fourth-order valence-electron chi connectivity index (χ4n) is 1.59. The van der Waals surface area contributed by atoms with Crippen molar-refractivity contribution in [3.63, 3.8) is 0 Å². The van der Waals surface area contributed by atoms with E-state index in [1.54, 1.807) is 18.0 Å². The first kappa shape index (κ1) is 14.4. The molecule has 0 bridgehead atoms. The Labute approximate surface area is 107 Å². The van der Waals surface area contributed by atoms with Gasteiger partial charge in [0.1, 0.15) is 5.82 Å². The van der Waals surface area contributed by atoms with Crippen LogP contribution < -0.4 is 4.90 Å². The lowest BCUT2D eigenvalue weighted by molar-refractivity contribution is -0.140. The molecule has 0 amide bonds. The number of carbonyl (C=O) groups is 1. The van der Waals surface area contributed by atoms with Crippen molar-refractivity contribution in [3.8, 4) is 0 Å². The molecule has 102 valence electrons. The highest BCUT2D eigenvalue weighted by Crippen LogP contribution is 2.12. The standard InChI is InChI=1S/C11H20N4O3/c1-4-15-10(9-12-13-15)14(7-8-17-2)6-5-11(16)18-3/h9H,4-8H2,1-3H3. The third-order valence-corrected chi connectivity index (χ3v) is 2.60. The number of aryl methyl sites for hydroxylation is 1. The largest absolute Gasteiger partial charge is 0.469 e. The summed E-state index contributed by atoms with van der Waals surface area (Å²) in [6.45, 7) is 4.55. The molecule has 0 aromatic carbocycles. The molecule has 7 nitrogen and oxygen atoms in total. The molecule has 0 spiro atoms. The van der Waals surface area contributed by atoms with Crippen molar-refractivity contribution in [2.45, 2.75) is 19.9 Å². The molecule has 1 aromatic heterocycles. The number of hydrogen-bond acceptors (Lipinski definition) is 6. The predicted molar refractivity (Wildman–Crippen MR) is 66.4 cm³/mol. The fraction of sp³-hybridized carbons (Fsp3) is 0.727. The zero-order valence-electron chi connectivity index (χ0n) is 11.1. The average Bonchev–Trinajstić information content (AvgIpc) is 2.86. The number of ether oxygens (including phenoxy) is 2. The number of nitrogens with zero attached hydrogens (tertiary/aromatic N) is 4. The molecule has 1 aromatic rings. The van der Waals surface area contributed by atoms with Gasteiger partial charge in [-0.15, -0.1) is 5.10 Å². The Balaban J connectivity index is 2.68. The van der Waals surface area contributed by atoms with E-state index in [0.717, 1.165) is 12.4 Å². The molecule has 1 rings (SSSR count). The predicted octanol–water partition coefficient (Wildman–Crippen LogP) is 0.314. The van der Waals surface area contributed by atoms with Crippen molar-refractivity contribution in [3.05, 3.63) is 6.20 Å². The first-order chi connectivity index (χ1) is 8.72. The van der Waals surface area contributed by atoms with Crippen molar-refractivity contribution >= 4 is 11.8 Å². The van der Waals surface area contributed by atoms with E-state index >= 15 is 0 Å². The monoisotopic (exact) mass is 256 g/mol. The Morgan fingerprint density at radius 3 is 2.83 bits per heavy atom.